The first kappa shape index (κ1) is 20.1. The van der Waals surface area contributed by atoms with E-state index in [2.05, 4.69) is 123 Å². The SMILES string of the molecule is C=C/C=c1/cccc/c1=C(/C)n1c(-c2ccccc2C)c(C)c2c3ccccc3ccc21. The summed E-state index contributed by atoms with van der Waals surface area (Å²) in [5.41, 5.74) is 7.59. The van der Waals surface area contributed by atoms with Gasteiger partial charge in [-0.25, -0.2) is 0 Å². The first-order valence-electron chi connectivity index (χ1n) is 11.1. The van der Waals surface area contributed by atoms with Crippen LogP contribution in [0.2, 0.25) is 0 Å². The summed E-state index contributed by atoms with van der Waals surface area (Å²) in [6.07, 6.45) is 3.95. The average Bonchev–Trinajstić information content (AvgIpc) is 3.12. The summed E-state index contributed by atoms with van der Waals surface area (Å²) in [4.78, 5) is 0. The Morgan fingerprint density at radius 2 is 1.53 bits per heavy atom. The van der Waals surface area contributed by atoms with Crippen LogP contribution >= 0.6 is 0 Å². The van der Waals surface area contributed by atoms with Gasteiger partial charge in [-0.1, -0.05) is 97.6 Å². The molecule has 1 heterocycles. The van der Waals surface area contributed by atoms with E-state index in [9.17, 15) is 0 Å². The number of fused-ring (bicyclic) bond motifs is 3. The maximum Gasteiger partial charge on any atom is 0.0569 e. The van der Waals surface area contributed by atoms with Crippen molar-refractivity contribution >= 4 is 33.4 Å². The summed E-state index contributed by atoms with van der Waals surface area (Å²) < 4.78 is 2.45. The van der Waals surface area contributed by atoms with Crippen molar-refractivity contribution in [3.63, 3.8) is 0 Å². The predicted octanol–water partition coefficient (Wildman–Crippen LogP) is 6.72. The van der Waals surface area contributed by atoms with Gasteiger partial charge in [0.2, 0.25) is 0 Å². The first-order chi connectivity index (χ1) is 15.6. The number of benzene rings is 4. The minimum absolute atomic E-state index is 1.18. The van der Waals surface area contributed by atoms with E-state index in [0.29, 0.717) is 0 Å². The molecule has 0 fully saturated rings. The lowest BCUT2D eigenvalue weighted by Gasteiger charge is -2.15. The van der Waals surface area contributed by atoms with Crippen molar-refractivity contribution in [1.82, 2.24) is 4.57 Å². The Hall–Kier alpha value is -3.84. The van der Waals surface area contributed by atoms with E-state index >= 15 is 0 Å². The van der Waals surface area contributed by atoms with Gasteiger partial charge in [-0.3, -0.25) is 0 Å². The second-order valence-electron chi connectivity index (χ2n) is 8.38. The van der Waals surface area contributed by atoms with Crippen LogP contribution in [-0.2, 0) is 0 Å². The minimum atomic E-state index is 1.18. The fraction of sp³-hybridized carbons (Fsp3) is 0.0968. The molecule has 0 N–H and O–H groups in total. The van der Waals surface area contributed by atoms with E-state index in [1.165, 1.54) is 60.2 Å². The quantitative estimate of drug-likeness (QED) is 0.309. The van der Waals surface area contributed by atoms with Crippen molar-refractivity contribution < 1.29 is 0 Å². The summed E-state index contributed by atoms with van der Waals surface area (Å²) in [7, 11) is 0. The number of aryl methyl sites for hydroxylation is 2. The highest BCUT2D eigenvalue weighted by atomic mass is 15.0. The molecule has 0 radical (unpaired) electrons. The molecule has 156 valence electrons. The van der Waals surface area contributed by atoms with Gasteiger partial charge in [0.15, 0.2) is 0 Å². The Balaban J connectivity index is 2.04. The second kappa shape index (κ2) is 8.01. The van der Waals surface area contributed by atoms with Crippen LogP contribution in [0.25, 0.3) is 44.7 Å². The van der Waals surface area contributed by atoms with E-state index < -0.39 is 0 Å². The lowest BCUT2D eigenvalue weighted by atomic mass is 9.99. The molecule has 0 atom stereocenters. The number of hydrogen-bond donors (Lipinski definition) is 0. The number of rotatable bonds is 3. The molecule has 1 aromatic heterocycles. The van der Waals surface area contributed by atoms with E-state index in [-0.39, 0.29) is 0 Å². The Bertz CT molecular complexity index is 1610. The van der Waals surface area contributed by atoms with Crippen LogP contribution in [0.1, 0.15) is 18.1 Å². The van der Waals surface area contributed by atoms with Crippen LogP contribution in [0.3, 0.4) is 0 Å². The fourth-order valence-corrected chi connectivity index (χ4v) is 4.98. The van der Waals surface area contributed by atoms with E-state index in [0.717, 1.165) is 0 Å². The van der Waals surface area contributed by atoms with Crippen LogP contribution in [0, 0.1) is 13.8 Å². The Kier molecular flexibility index (Phi) is 5.03. The molecule has 5 aromatic rings. The van der Waals surface area contributed by atoms with Gasteiger partial charge in [0.05, 0.1) is 11.2 Å². The molecule has 1 nitrogen and oxygen atoms in total. The molecule has 32 heavy (non-hydrogen) atoms. The van der Waals surface area contributed by atoms with Crippen molar-refractivity contribution in [2.24, 2.45) is 0 Å². The first-order valence-corrected chi connectivity index (χ1v) is 11.1. The maximum absolute atomic E-state index is 3.92. The third-order valence-electron chi connectivity index (χ3n) is 6.49. The van der Waals surface area contributed by atoms with Crippen molar-refractivity contribution in [2.45, 2.75) is 20.8 Å². The average molecular weight is 414 g/mol. The molecule has 0 unspecified atom stereocenters. The molecule has 0 saturated heterocycles. The zero-order valence-electron chi connectivity index (χ0n) is 18.9. The van der Waals surface area contributed by atoms with Gasteiger partial charge in [-0.05, 0) is 54.0 Å². The lowest BCUT2D eigenvalue weighted by molar-refractivity contribution is 1.12. The topological polar surface area (TPSA) is 4.93 Å². The zero-order chi connectivity index (χ0) is 22.2. The normalized spacial score (nSPS) is 13.0. The Morgan fingerprint density at radius 1 is 0.812 bits per heavy atom. The van der Waals surface area contributed by atoms with Crippen LogP contribution in [0.5, 0.6) is 0 Å². The van der Waals surface area contributed by atoms with Gasteiger partial charge >= 0.3 is 0 Å². The molecule has 1 heteroatoms. The molecule has 0 aliphatic heterocycles. The Morgan fingerprint density at radius 3 is 2.34 bits per heavy atom. The van der Waals surface area contributed by atoms with Gasteiger partial charge in [-0.15, -0.1) is 0 Å². The monoisotopic (exact) mass is 413 g/mol. The molecule has 4 aromatic carbocycles. The molecular weight excluding hydrogens is 386 g/mol. The minimum Gasteiger partial charge on any atom is -0.312 e. The highest BCUT2D eigenvalue weighted by Gasteiger charge is 2.20. The van der Waals surface area contributed by atoms with Gasteiger partial charge in [0, 0.05) is 21.9 Å². The smallest absolute Gasteiger partial charge is 0.0569 e. The predicted molar refractivity (Wildman–Crippen MR) is 139 cm³/mol. The number of allylic oxidation sites excluding steroid dienone is 1. The summed E-state index contributed by atoms with van der Waals surface area (Å²) in [6, 6.07) is 30.4. The van der Waals surface area contributed by atoms with Gasteiger partial charge in [-0.2, -0.15) is 0 Å². The Labute approximate surface area is 189 Å². The van der Waals surface area contributed by atoms with E-state index in [4.69, 9.17) is 0 Å². The second-order valence-corrected chi connectivity index (χ2v) is 8.38. The maximum atomic E-state index is 3.92. The van der Waals surface area contributed by atoms with Crippen molar-refractivity contribution in [3.05, 3.63) is 119 Å². The summed E-state index contributed by atoms with van der Waals surface area (Å²) in [6.45, 7) is 10.6. The van der Waals surface area contributed by atoms with Crippen LogP contribution in [-0.4, -0.2) is 4.57 Å². The largest absolute Gasteiger partial charge is 0.312 e. The van der Waals surface area contributed by atoms with Crippen LogP contribution in [0.4, 0.5) is 0 Å². The number of nitrogens with zero attached hydrogens (tertiary/aromatic N) is 1. The highest BCUT2D eigenvalue weighted by Crippen LogP contribution is 2.39. The lowest BCUT2D eigenvalue weighted by Crippen LogP contribution is -2.27. The molecule has 0 aliphatic rings. The number of aromatic nitrogens is 1. The molecule has 0 amide bonds. The standard InChI is InChI=1S/C31H27N/c1-5-12-24-14-7-10-17-27(24)23(4)32-29-20-19-25-15-8-11-18-28(25)30(29)22(3)31(32)26-16-9-6-13-21(26)2/h5-20H,1H2,2-4H3/b24-12-,27-23+. The third-order valence-corrected chi connectivity index (χ3v) is 6.49. The number of hydrogen-bond acceptors (Lipinski definition) is 0. The summed E-state index contributed by atoms with van der Waals surface area (Å²) >= 11 is 0. The van der Waals surface area contributed by atoms with Crippen LogP contribution in [0.15, 0.2) is 97.6 Å². The molecule has 0 saturated carbocycles. The zero-order valence-corrected chi connectivity index (χ0v) is 18.9. The van der Waals surface area contributed by atoms with Gasteiger partial charge in [0.25, 0.3) is 0 Å². The molecular formula is C31H27N. The molecule has 0 spiro atoms. The summed E-state index contributed by atoms with van der Waals surface area (Å²) in [5.74, 6) is 0. The van der Waals surface area contributed by atoms with Gasteiger partial charge < -0.3 is 4.57 Å². The van der Waals surface area contributed by atoms with Crippen LogP contribution < -0.4 is 10.4 Å². The molecule has 0 bridgehead atoms. The third kappa shape index (κ3) is 3.09. The van der Waals surface area contributed by atoms with E-state index in [1.54, 1.807) is 0 Å². The summed E-state index contributed by atoms with van der Waals surface area (Å²) in [5, 5.41) is 6.29. The molecule has 5 rings (SSSR count). The fourth-order valence-electron chi connectivity index (χ4n) is 4.98. The molecule has 0 aliphatic carbocycles. The van der Waals surface area contributed by atoms with Gasteiger partial charge in [0.1, 0.15) is 0 Å². The van der Waals surface area contributed by atoms with Crippen molar-refractivity contribution in [2.75, 3.05) is 0 Å². The van der Waals surface area contributed by atoms with Crippen molar-refractivity contribution in [1.29, 1.82) is 0 Å². The highest BCUT2D eigenvalue weighted by molar-refractivity contribution is 6.12. The van der Waals surface area contributed by atoms with E-state index in [1.807, 2.05) is 6.08 Å². The van der Waals surface area contributed by atoms with Crippen molar-refractivity contribution in [3.8, 4) is 11.3 Å².